The molecule has 4 aromatic rings. The van der Waals surface area contributed by atoms with Crippen molar-refractivity contribution in [2.24, 2.45) is 0 Å². The molecule has 35 heavy (non-hydrogen) atoms. The molecule has 0 spiro atoms. The lowest BCUT2D eigenvalue weighted by Crippen LogP contribution is -2.42. The lowest BCUT2D eigenvalue weighted by atomic mass is 10.1. The van der Waals surface area contributed by atoms with Gasteiger partial charge in [-0.2, -0.15) is 0 Å². The van der Waals surface area contributed by atoms with Gasteiger partial charge in [0.1, 0.15) is 0 Å². The van der Waals surface area contributed by atoms with Crippen LogP contribution in [0.1, 0.15) is 40.3 Å². The van der Waals surface area contributed by atoms with Crippen LogP contribution in [0.3, 0.4) is 0 Å². The van der Waals surface area contributed by atoms with Gasteiger partial charge in [0, 0.05) is 29.1 Å². The zero-order valence-corrected chi connectivity index (χ0v) is 21.0. The zero-order chi connectivity index (χ0) is 25.3. The van der Waals surface area contributed by atoms with Crippen LogP contribution in [-0.4, -0.2) is 33.2 Å². The van der Waals surface area contributed by atoms with Gasteiger partial charge in [-0.1, -0.05) is 41.9 Å². The second-order valence-corrected chi connectivity index (χ2v) is 9.22. The Labute approximate surface area is 208 Å². The summed E-state index contributed by atoms with van der Waals surface area (Å²) < 4.78 is 9.99. The van der Waals surface area contributed by atoms with Crippen molar-refractivity contribution in [3.05, 3.63) is 103 Å². The molecule has 2 aromatic heterocycles. The van der Waals surface area contributed by atoms with Crippen molar-refractivity contribution in [2.45, 2.75) is 39.9 Å². The highest BCUT2D eigenvalue weighted by Crippen LogP contribution is 2.23. The second kappa shape index (κ2) is 10.1. The van der Waals surface area contributed by atoms with Gasteiger partial charge in [-0.25, -0.2) is 0 Å². The van der Waals surface area contributed by atoms with E-state index in [0.29, 0.717) is 28.2 Å². The molecule has 0 radical (unpaired) electrons. The molecule has 182 valence electrons. The Morgan fingerprint density at radius 2 is 1.66 bits per heavy atom. The number of methoxy groups -OCH3 is 1. The van der Waals surface area contributed by atoms with Crippen molar-refractivity contribution in [1.82, 2.24) is 13.7 Å². The van der Waals surface area contributed by atoms with Crippen LogP contribution in [0, 0.1) is 13.8 Å². The van der Waals surface area contributed by atoms with E-state index in [0.717, 1.165) is 17.0 Å². The van der Waals surface area contributed by atoms with Gasteiger partial charge in [0.2, 0.25) is 0 Å². The Morgan fingerprint density at radius 3 is 2.34 bits per heavy atom. The Bertz CT molecular complexity index is 1520. The number of rotatable bonds is 8. The van der Waals surface area contributed by atoms with Gasteiger partial charge >= 0.3 is 11.1 Å². The Kier molecular flexibility index (Phi) is 7.10. The normalized spacial score (nSPS) is 12.3. The summed E-state index contributed by atoms with van der Waals surface area (Å²) in [6.45, 7) is 6.31. The number of carbonyl (C=O) groups is 1. The first-order valence-corrected chi connectivity index (χ1v) is 11.8. The van der Waals surface area contributed by atoms with E-state index in [4.69, 9.17) is 16.3 Å². The fraction of sp³-hybridized carbons (Fsp3) is 0.296. The highest BCUT2D eigenvalue weighted by atomic mass is 35.5. The lowest BCUT2D eigenvalue weighted by molar-refractivity contribution is 0.0971. The average molecular weight is 494 g/mol. The van der Waals surface area contributed by atoms with Crippen molar-refractivity contribution < 1.29 is 9.53 Å². The highest BCUT2D eigenvalue weighted by molar-refractivity contribution is 6.31. The number of ketones is 1. The molecule has 0 saturated carbocycles. The molecule has 1 atom stereocenters. The van der Waals surface area contributed by atoms with E-state index in [1.54, 1.807) is 25.3 Å². The molecule has 0 aliphatic carbocycles. The van der Waals surface area contributed by atoms with Crippen molar-refractivity contribution in [3.8, 4) is 0 Å². The Hall–Kier alpha value is -3.42. The first-order valence-electron chi connectivity index (χ1n) is 11.4. The predicted molar refractivity (Wildman–Crippen MR) is 138 cm³/mol. The minimum atomic E-state index is -0.759. The molecule has 0 unspecified atom stereocenters. The average Bonchev–Trinajstić information content (AvgIpc) is 3.14. The van der Waals surface area contributed by atoms with E-state index in [2.05, 4.69) is 0 Å². The van der Waals surface area contributed by atoms with Crippen molar-refractivity contribution in [2.75, 3.05) is 13.7 Å². The van der Waals surface area contributed by atoms with Crippen molar-refractivity contribution in [1.29, 1.82) is 0 Å². The predicted octanol–water partition coefficient (Wildman–Crippen LogP) is 4.37. The number of aryl methyl sites for hydroxylation is 1. The monoisotopic (exact) mass is 493 g/mol. The first-order chi connectivity index (χ1) is 16.7. The second-order valence-electron chi connectivity index (χ2n) is 8.78. The maximum absolute atomic E-state index is 13.4. The summed E-state index contributed by atoms with van der Waals surface area (Å²) in [6.07, 6.45) is 0. The number of Topliss-reactive ketones (excluding diaryl/α,β-unsaturated/α-hetero) is 1. The Morgan fingerprint density at radius 1 is 0.971 bits per heavy atom. The van der Waals surface area contributed by atoms with Crippen molar-refractivity contribution >= 4 is 28.4 Å². The van der Waals surface area contributed by atoms with Gasteiger partial charge < -0.3 is 9.30 Å². The molecule has 8 heteroatoms. The van der Waals surface area contributed by atoms with Crippen molar-refractivity contribution in [3.63, 3.8) is 0 Å². The first kappa shape index (κ1) is 24.7. The molecule has 0 bridgehead atoms. The standard InChI is InChI=1S/C27H28ClN3O4/c1-17-12-22(19(3)31(17)18(2)16-35-4)25(32)15-30-24-13-21(28)10-11-23(24)29(26(33)27(30)34)14-20-8-6-5-7-9-20/h5-13,18H,14-16H2,1-4H3/t18-/m1/s1. The largest absolute Gasteiger partial charge is 0.383 e. The third-order valence-electron chi connectivity index (χ3n) is 6.31. The van der Waals surface area contributed by atoms with E-state index in [-0.39, 0.29) is 24.9 Å². The van der Waals surface area contributed by atoms with E-state index in [1.807, 2.05) is 61.7 Å². The lowest BCUT2D eigenvalue weighted by Gasteiger charge is -2.18. The number of hydrogen-bond donors (Lipinski definition) is 0. The number of benzene rings is 2. The van der Waals surface area contributed by atoms with Crippen LogP contribution in [0.4, 0.5) is 0 Å². The number of hydrogen-bond acceptors (Lipinski definition) is 4. The fourth-order valence-electron chi connectivity index (χ4n) is 4.75. The molecular weight excluding hydrogens is 466 g/mol. The molecule has 0 saturated heterocycles. The van der Waals surface area contributed by atoms with Crippen LogP contribution >= 0.6 is 11.6 Å². The highest BCUT2D eigenvalue weighted by Gasteiger charge is 2.22. The number of halogens is 1. The molecule has 0 aliphatic heterocycles. The summed E-state index contributed by atoms with van der Waals surface area (Å²) >= 11 is 6.26. The van der Waals surface area contributed by atoms with Gasteiger partial charge in [0.05, 0.1) is 36.8 Å². The zero-order valence-electron chi connectivity index (χ0n) is 20.2. The minimum absolute atomic E-state index is 0.0471. The number of fused-ring (bicyclic) bond motifs is 1. The number of nitrogens with zero attached hydrogens (tertiary/aromatic N) is 3. The van der Waals surface area contributed by atoms with Crippen LogP contribution in [0.5, 0.6) is 0 Å². The van der Waals surface area contributed by atoms with Gasteiger partial charge in [0.15, 0.2) is 5.78 Å². The molecule has 0 fully saturated rings. The van der Waals surface area contributed by atoms with Crippen LogP contribution in [0.15, 0.2) is 64.2 Å². The fourth-order valence-corrected chi connectivity index (χ4v) is 4.92. The third-order valence-corrected chi connectivity index (χ3v) is 6.55. The van der Waals surface area contributed by atoms with Gasteiger partial charge in [-0.15, -0.1) is 0 Å². The summed E-state index contributed by atoms with van der Waals surface area (Å²) in [5.41, 5.74) is 2.65. The molecule has 2 aromatic carbocycles. The summed E-state index contributed by atoms with van der Waals surface area (Å²) in [5.74, 6) is -0.252. The SMILES string of the molecule is COC[C@@H](C)n1c(C)cc(C(=O)Cn2c(=O)c(=O)n(Cc3ccccc3)c3ccc(Cl)cc32)c1C. The number of aromatic nitrogens is 3. The van der Waals surface area contributed by atoms with E-state index >= 15 is 0 Å². The summed E-state index contributed by atoms with van der Waals surface area (Å²) in [5, 5.41) is 0.412. The molecule has 0 N–H and O–H groups in total. The van der Waals surface area contributed by atoms with Crippen LogP contribution in [-0.2, 0) is 17.8 Å². The third kappa shape index (κ3) is 4.74. The molecule has 2 heterocycles. The summed E-state index contributed by atoms with van der Waals surface area (Å²) in [7, 11) is 1.64. The quantitative estimate of drug-likeness (QED) is 0.270. The van der Waals surface area contributed by atoms with E-state index in [1.165, 1.54) is 9.13 Å². The molecule has 7 nitrogen and oxygen atoms in total. The summed E-state index contributed by atoms with van der Waals surface area (Å²) in [4.78, 5) is 39.8. The van der Waals surface area contributed by atoms with Gasteiger partial charge in [0.25, 0.3) is 0 Å². The molecular formula is C27H28ClN3O4. The van der Waals surface area contributed by atoms with Crippen LogP contribution in [0.2, 0.25) is 5.02 Å². The van der Waals surface area contributed by atoms with E-state index in [9.17, 15) is 14.4 Å². The maximum Gasteiger partial charge on any atom is 0.317 e. The number of carbonyl (C=O) groups excluding carboxylic acids is 1. The van der Waals surface area contributed by atoms with Crippen LogP contribution in [0.25, 0.3) is 11.0 Å². The Balaban J connectivity index is 1.80. The summed E-state index contributed by atoms with van der Waals surface area (Å²) in [6, 6.07) is 16.3. The van der Waals surface area contributed by atoms with Gasteiger partial charge in [-0.05, 0) is 50.6 Å². The molecule has 0 aliphatic rings. The van der Waals surface area contributed by atoms with E-state index < -0.39 is 11.1 Å². The van der Waals surface area contributed by atoms with Gasteiger partial charge in [-0.3, -0.25) is 23.5 Å². The number of ether oxygens (including phenoxy) is 1. The minimum Gasteiger partial charge on any atom is -0.383 e. The topological polar surface area (TPSA) is 75.2 Å². The van der Waals surface area contributed by atoms with Crippen LogP contribution < -0.4 is 11.1 Å². The molecule has 4 rings (SSSR count). The molecule has 0 amide bonds. The smallest absolute Gasteiger partial charge is 0.317 e. The maximum atomic E-state index is 13.4.